The van der Waals surface area contributed by atoms with E-state index in [1.54, 1.807) is 12.4 Å². The van der Waals surface area contributed by atoms with Gasteiger partial charge in [0.05, 0.1) is 25.3 Å². The van der Waals surface area contributed by atoms with E-state index in [0.29, 0.717) is 31.6 Å². The molecule has 5 nitrogen and oxygen atoms in total. The number of urea groups is 1. The standard InChI is InChI=1S/C17H25N3O2/c1-12(2)16(14-5-7-18-8-6-14)19-17(21)20-9-10-22-11-15(20)13-3-4-13/h5-8,12-13,15-16H,3-4,9-11H2,1-2H3,(H,19,21)/t15-,16+/m1/s1. The summed E-state index contributed by atoms with van der Waals surface area (Å²) >= 11 is 0. The van der Waals surface area contributed by atoms with E-state index in [1.165, 1.54) is 12.8 Å². The van der Waals surface area contributed by atoms with Crippen molar-refractivity contribution in [3.63, 3.8) is 0 Å². The molecule has 1 aliphatic carbocycles. The fourth-order valence-corrected chi connectivity index (χ4v) is 3.17. The first-order chi connectivity index (χ1) is 10.7. The smallest absolute Gasteiger partial charge is 0.318 e. The van der Waals surface area contributed by atoms with Gasteiger partial charge in [0.15, 0.2) is 0 Å². The molecule has 22 heavy (non-hydrogen) atoms. The lowest BCUT2D eigenvalue weighted by Crippen LogP contribution is -2.54. The monoisotopic (exact) mass is 303 g/mol. The number of hydrogen-bond acceptors (Lipinski definition) is 3. The number of nitrogens with zero attached hydrogens (tertiary/aromatic N) is 2. The molecule has 1 aromatic heterocycles. The highest BCUT2D eigenvalue weighted by molar-refractivity contribution is 5.75. The largest absolute Gasteiger partial charge is 0.377 e. The maximum absolute atomic E-state index is 12.8. The van der Waals surface area contributed by atoms with Gasteiger partial charge in [-0.05, 0) is 42.4 Å². The van der Waals surface area contributed by atoms with E-state index in [9.17, 15) is 4.79 Å². The Balaban J connectivity index is 1.70. The number of rotatable bonds is 4. The molecule has 120 valence electrons. The van der Waals surface area contributed by atoms with Crippen molar-refractivity contribution in [1.29, 1.82) is 0 Å². The van der Waals surface area contributed by atoms with Gasteiger partial charge in [0.25, 0.3) is 0 Å². The molecule has 2 atom stereocenters. The van der Waals surface area contributed by atoms with Crippen molar-refractivity contribution in [2.24, 2.45) is 11.8 Å². The fourth-order valence-electron chi connectivity index (χ4n) is 3.17. The number of carbonyl (C=O) groups is 1. The molecule has 0 spiro atoms. The molecule has 2 fully saturated rings. The number of aromatic nitrogens is 1. The molecule has 2 amide bonds. The molecule has 0 bridgehead atoms. The fraction of sp³-hybridized carbons (Fsp3) is 0.647. The average molecular weight is 303 g/mol. The number of carbonyl (C=O) groups excluding carboxylic acids is 1. The third-order valence-corrected chi connectivity index (χ3v) is 4.60. The van der Waals surface area contributed by atoms with Gasteiger partial charge in [0.1, 0.15) is 0 Å². The Morgan fingerprint density at radius 2 is 2.09 bits per heavy atom. The van der Waals surface area contributed by atoms with E-state index < -0.39 is 0 Å². The van der Waals surface area contributed by atoms with E-state index in [4.69, 9.17) is 4.74 Å². The Bertz CT molecular complexity index is 502. The Morgan fingerprint density at radius 1 is 1.36 bits per heavy atom. The third kappa shape index (κ3) is 3.40. The molecule has 1 saturated carbocycles. The molecule has 2 heterocycles. The van der Waals surface area contributed by atoms with Crippen molar-refractivity contribution in [1.82, 2.24) is 15.2 Å². The zero-order valence-corrected chi connectivity index (χ0v) is 13.4. The van der Waals surface area contributed by atoms with Crippen LogP contribution in [-0.2, 0) is 4.74 Å². The molecule has 1 aliphatic heterocycles. The van der Waals surface area contributed by atoms with Gasteiger partial charge in [0, 0.05) is 18.9 Å². The zero-order valence-electron chi connectivity index (χ0n) is 13.4. The van der Waals surface area contributed by atoms with Gasteiger partial charge in [-0.3, -0.25) is 4.98 Å². The summed E-state index contributed by atoms with van der Waals surface area (Å²) in [5.41, 5.74) is 1.11. The van der Waals surface area contributed by atoms with Crippen LogP contribution in [0.5, 0.6) is 0 Å². The SMILES string of the molecule is CC(C)[C@H](NC(=O)N1CCOC[C@@H]1C1CC1)c1ccncc1. The quantitative estimate of drug-likeness (QED) is 0.930. The maximum atomic E-state index is 12.8. The lowest BCUT2D eigenvalue weighted by molar-refractivity contribution is 0.00378. The first kappa shape index (κ1) is 15.3. The van der Waals surface area contributed by atoms with Gasteiger partial charge in [-0.15, -0.1) is 0 Å². The minimum Gasteiger partial charge on any atom is -0.377 e. The molecular weight excluding hydrogens is 278 g/mol. The number of hydrogen-bond donors (Lipinski definition) is 1. The Kier molecular flexibility index (Phi) is 4.62. The van der Waals surface area contributed by atoms with Crippen LogP contribution < -0.4 is 5.32 Å². The number of pyridine rings is 1. The number of ether oxygens (including phenoxy) is 1. The van der Waals surface area contributed by atoms with E-state index in [1.807, 2.05) is 17.0 Å². The van der Waals surface area contributed by atoms with Crippen LogP contribution in [0, 0.1) is 11.8 Å². The molecular formula is C17H25N3O2. The molecule has 1 N–H and O–H groups in total. The van der Waals surface area contributed by atoms with Crippen molar-refractivity contribution in [2.45, 2.75) is 38.8 Å². The van der Waals surface area contributed by atoms with Gasteiger partial charge in [-0.25, -0.2) is 4.79 Å². The summed E-state index contributed by atoms with van der Waals surface area (Å²) in [6, 6.07) is 4.25. The lowest BCUT2D eigenvalue weighted by atomic mass is 9.97. The van der Waals surface area contributed by atoms with Crippen LogP contribution in [0.15, 0.2) is 24.5 Å². The topological polar surface area (TPSA) is 54.5 Å². The van der Waals surface area contributed by atoms with Crippen molar-refractivity contribution < 1.29 is 9.53 Å². The molecule has 0 unspecified atom stereocenters. The first-order valence-corrected chi connectivity index (χ1v) is 8.21. The molecule has 3 rings (SSSR count). The number of morpholine rings is 1. The van der Waals surface area contributed by atoms with Crippen LogP contribution in [0.3, 0.4) is 0 Å². The summed E-state index contributed by atoms with van der Waals surface area (Å²) in [6.07, 6.45) is 5.99. The van der Waals surface area contributed by atoms with Gasteiger partial charge in [-0.1, -0.05) is 13.8 Å². The molecule has 0 aromatic carbocycles. The first-order valence-electron chi connectivity index (χ1n) is 8.21. The third-order valence-electron chi connectivity index (χ3n) is 4.60. The van der Waals surface area contributed by atoms with Crippen LogP contribution in [0.4, 0.5) is 4.79 Å². The predicted octanol–water partition coefficient (Wildman–Crippen LogP) is 2.60. The van der Waals surface area contributed by atoms with Crippen LogP contribution in [-0.4, -0.2) is 41.7 Å². The van der Waals surface area contributed by atoms with Crippen LogP contribution in [0.1, 0.15) is 38.3 Å². The normalized spacial score (nSPS) is 23.4. The number of amides is 2. The van der Waals surface area contributed by atoms with Crippen molar-refractivity contribution >= 4 is 6.03 Å². The van der Waals surface area contributed by atoms with E-state index in [-0.39, 0.29) is 18.1 Å². The summed E-state index contributed by atoms with van der Waals surface area (Å²) in [4.78, 5) is 18.8. The predicted molar refractivity (Wildman–Crippen MR) is 84.4 cm³/mol. The Hall–Kier alpha value is -1.62. The Morgan fingerprint density at radius 3 is 2.73 bits per heavy atom. The lowest BCUT2D eigenvalue weighted by Gasteiger charge is -2.37. The minimum atomic E-state index is 0.0122. The second-order valence-electron chi connectivity index (χ2n) is 6.62. The average Bonchev–Trinajstić information content (AvgIpc) is 3.38. The van der Waals surface area contributed by atoms with Crippen molar-refractivity contribution in [3.8, 4) is 0 Å². The van der Waals surface area contributed by atoms with Gasteiger partial charge < -0.3 is 15.0 Å². The van der Waals surface area contributed by atoms with Crippen LogP contribution in [0.2, 0.25) is 0 Å². The number of nitrogens with one attached hydrogen (secondary N) is 1. The van der Waals surface area contributed by atoms with Gasteiger partial charge >= 0.3 is 6.03 Å². The zero-order chi connectivity index (χ0) is 15.5. The molecule has 1 aromatic rings. The summed E-state index contributed by atoms with van der Waals surface area (Å²) in [7, 11) is 0. The molecule has 0 radical (unpaired) electrons. The molecule has 1 saturated heterocycles. The van der Waals surface area contributed by atoms with Crippen LogP contribution in [0.25, 0.3) is 0 Å². The van der Waals surface area contributed by atoms with Crippen LogP contribution >= 0.6 is 0 Å². The summed E-state index contributed by atoms with van der Waals surface area (Å²) in [5, 5.41) is 3.22. The Labute approximate surface area is 132 Å². The minimum absolute atomic E-state index is 0.0122. The molecule has 5 heteroatoms. The highest BCUT2D eigenvalue weighted by atomic mass is 16.5. The summed E-state index contributed by atoms with van der Waals surface area (Å²) < 4.78 is 5.57. The summed E-state index contributed by atoms with van der Waals surface area (Å²) in [6.45, 7) is 6.26. The highest BCUT2D eigenvalue weighted by Crippen LogP contribution is 2.36. The van der Waals surface area contributed by atoms with Gasteiger partial charge in [0.2, 0.25) is 0 Å². The maximum Gasteiger partial charge on any atom is 0.318 e. The van der Waals surface area contributed by atoms with Gasteiger partial charge in [-0.2, -0.15) is 0 Å². The second kappa shape index (κ2) is 6.65. The highest BCUT2D eigenvalue weighted by Gasteiger charge is 2.39. The van der Waals surface area contributed by atoms with Crippen molar-refractivity contribution in [2.75, 3.05) is 19.8 Å². The summed E-state index contributed by atoms with van der Waals surface area (Å²) in [5.74, 6) is 0.955. The van der Waals surface area contributed by atoms with E-state index in [2.05, 4.69) is 24.1 Å². The second-order valence-corrected chi connectivity index (χ2v) is 6.62. The van der Waals surface area contributed by atoms with E-state index >= 15 is 0 Å². The van der Waals surface area contributed by atoms with E-state index in [0.717, 1.165) is 5.56 Å². The van der Waals surface area contributed by atoms with Crippen molar-refractivity contribution in [3.05, 3.63) is 30.1 Å². The molecule has 2 aliphatic rings.